The predicted octanol–water partition coefficient (Wildman–Crippen LogP) is 3.39. The number of hydrogen-bond acceptors (Lipinski definition) is 6. The Kier molecular flexibility index (Phi) is 3.87. The maximum atomic E-state index is 6.01. The molecule has 0 bridgehead atoms. The molecular weight excluding hydrogens is 264 g/mol. The lowest BCUT2D eigenvalue weighted by atomic mass is 10.2. The molecule has 0 unspecified atom stereocenters. The van der Waals surface area contributed by atoms with E-state index in [-0.39, 0.29) is 0 Å². The smallest absolute Gasteiger partial charge is 0.148 e. The van der Waals surface area contributed by atoms with E-state index in [1.54, 1.807) is 11.3 Å². The van der Waals surface area contributed by atoms with Gasteiger partial charge < -0.3 is 10.6 Å². The molecule has 2 heterocycles. The molecule has 0 radical (unpaired) electrons. The fraction of sp³-hybridized carbons (Fsp3) is 0.500. The summed E-state index contributed by atoms with van der Waals surface area (Å²) < 4.78 is 4.30. The maximum absolute atomic E-state index is 6.01. The standard InChI is InChI=1S/C12H18N4S2/c1-5-16(7(2)3)12-10(11(13)15-18-12)9-6-17-8(4)14-9/h6-7H,5H2,1-4H3,(H2,13,15). The maximum Gasteiger partial charge on any atom is 0.148 e. The van der Waals surface area contributed by atoms with Gasteiger partial charge in [-0.3, -0.25) is 0 Å². The summed E-state index contributed by atoms with van der Waals surface area (Å²) in [4.78, 5) is 6.83. The molecule has 0 saturated heterocycles. The Hall–Kier alpha value is -1.14. The Morgan fingerprint density at radius 1 is 1.44 bits per heavy atom. The van der Waals surface area contributed by atoms with E-state index in [0.29, 0.717) is 11.9 Å². The number of nitrogen functional groups attached to an aromatic ring is 1. The van der Waals surface area contributed by atoms with Gasteiger partial charge in [0.15, 0.2) is 0 Å². The topological polar surface area (TPSA) is 55.0 Å². The third kappa shape index (κ3) is 2.35. The van der Waals surface area contributed by atoms with E-state index in [4.69, 9.17) is 5.73 Å². The molecule has 0 atom stereocenters. The number of nitrogens with zero attached hydrogens (tertiary/aromatic N) is 3. The summed E-state index contributed by atoms with van der Waals surface area (Å²) in [6.07, 6.45) is 0. The van der Waals surface area contributed by atoms with Gasteiger partial charge in [-0.15, -0.1) is 11.3 Å². The van der Waals surface area contributed by atoms with Crippen LogP contribution >= 0.6 is 22.9 Å². The molecule has 2 aromatic rings. The van der Waals surface area contributed by atoms with Crippen LogP contribution < -0.4 is 10.6 Å². The molecule has 0 aliphatic carbocycles. The lowest BCUT2D eigenvalue weighted by Gasteiger charge is -2.26. The van der Waals surface area contributed by atoms with Crippen molar-refractivity contribution in [3.05, 3.63) is 10.4 Å². The van der Waals surface area contributed by atoms with Crippen molar-refractivity contribution in [3.8, 4) is 11.3 Å². The molecule has 0 amide bonds. The van der Waals surface area contributed by atoms with E-state index >= 15 is 0 Å². The lowest BCUT2D eigenvalue weighted by Crippen LogP contribution is -2.29. The summed E-state index contributed by atoms with van der Waals surface area (Å²) in [5.41, 5.74) is 7.94. The van der Waals surface area contributed by atoms with Crippen LogP contribution in [0.15, 0.2) is 5.38 Å². The summed E-state index contributed by atoms with van der Waals surface area (Å²) in [5.74, 6) is 0.583. The van der Waals surface area contributed by atoms with Crippen molar-refractivity contribution >= 4 is 33.7 Å². The summed E-state index contributed by atoms with van der Waals surface area (Å²) in [5, 5.41) is 4.22. The second-order valence-corrected chi connectivity index (χ2v) is 6.19. The summed E-state index contributed by atoms with van der Waals surface area (Å²) >= 11 is 3.10. The molecule has 2 N–H and O–H groups in total. The second kappa shape index (κ2) is 5.24. The molecule has 6 heteroatoms. The highest BCUT2D eigenvalue weighted by molar-refractivity contribution is 7.11. The molecule has 0 aliphatic rings. The first kappa shape index (κ1) is 13.3. The average Bonchev–Trinajstić information content (AvgIpc) is 2.86. The van der Waals surface area contributed by atoms with Crippen molar-refractivity contribution < 1.29 is 0 Å². The Balaban J connectivity index is 2.50. The van der Waals surface area contributed by atoms with Gasteiger partial charge in [-0.1, -0.05) is 0 Å². The highest BCUT2D eigenvalue weighted by atomic mass is 32.1. The van der Waals surface area contributed by atoms with Gasteiger partial charge in [0.25, 0.3) is 0 Å². The second-order valence-electron chi connectivity index (χ2n) is 4.38. The highest BCUT2D eigenvalue weighted by Crippen LogP contribution is 2.40. The van der Waals surface area contributed by atoms with E-state index in [2.05, 4.69) is 35.0 Å². The van der Waals surface area contributed by atoms with Gasteiger partial charge in [0.05, 0.1) is 16.3 Å². The van der Waals surface area contributed by atoms with E-state index in [1.807, 2.05) is 12.3 Å². The van der Waals surface area contributed by atoms with Gasteiger partial charge in [-0.2, -0.15) is 4.37 Å². The molecular formula is C12H18N4S2. The molecule has 0 saturated carbocycles. The van der Waals surface area contributed by atoms with Gasteiger partial charge in [-0.05, 0) is 39.2 Å². The first-order valence-corrected chi connectivity index (χ1v) is 7.64. The van der Waals surface area contributed by atoms with Crippen LogP contribution in [0.1, 0.15) is 25.8 Å². The molecule has 0 fully saturated rings. The van der Waals surface area contributed by atoms with Crippen LogP contribution in [0.25, 0.3) is 11.3 Å². The molecule has 0 aromatic carbocycles. The summed E-state index contributed by atoms with van der Waals surface area (Å²) in [7, 11) is 0. The number of rotatable bonds is 4. The summed E-state index contributed by atoms with van der Waals surface area (Å²) in [6.45, 7) is 9.44. The van der Waals surface area contributed by atoms with Crippen LogP contribution in [0.5, 0.6) is 0 Å². The zero-order valence-corrected chi connectivity index (χ0v) is 12.7. The zero-order valence-electron chi connectivity index (χ0n) is 11.1. The van der Waals surface area contributed by atoms with E-state index in [1.165, 1.54) is 11.5 Å². The Labute approximate surface area is 116 Å². The monoisotopic (exact) mass is 282 g/mol. The first-order valence-electron chi connectivity index (χ1n) is 5.98. The van der Waals surface area contributed by atoms with Gasteiger partial charge >= 0.3 is 0 Å². The van der Waals surface area contributed by atoms with Crippen molar-refractivity contribution in [1.29, 1.82) is 0 Å². The van der Waals surface area contributed by atoms with Crippen LogP contribution in [0.4, 0.5) is 10.8 Å². The molecule has 2 aromatic heterocycles. The van der Waals surface area contributed by atoms with Gasteiger partial charge in [-0.25, -0.2) is 4.98 Å². The van der Waals surface area contributed by atoms with Crippen LogP contribution in [0, 0.1) is 6.92 Å². The van der Waals surface area contributed by atoms with Crippen LogP contribution in [0.2, 0.25) is 0 Å². The normalized spacial score (nSPS) is 11.2. The van der Waals surface area contributed by atoms with Crippen molar-refractivity contribution in [3.63, 3.8) is 0 Å². The van der Waals surface area contributed by atoms with Crippen molar-refractivity contribution in [2.75, 3.05) is 17.2 Å². The minimum Gasteiger partial charge on any atom is -0.382 e. The van der Waals surface area contributed by atoms with Gasteiger partial charge in [0.1, 0.15) is 10.8 Å². The SMILES string of the molecule is CCN(c1snc(N)c1-c1csc(C)n1)C(C)C. The fourth-order valence-electron chi connectivity index (χ4n) is 1.95. The van der Waals surface area contributed by atoms with Crippen molar-refractivity contribution in [2.45, 2.75) is 33.7 Å². The fourth-order valence-corrected chi connectivity index (χ4v) is 3.58. The minimum atomic E-state index is 0.424. The van der Waals surface area contributed by atoms with Gasteiger partial charge in [0.2, 0.25) is 0 Å². The number of anilines is 2. The van der Waals surface area contributed by atoms with Crippen LogP contribution in [-0.2, 0) is 0 Å². The molecule has 2 rings (SSSR count). The van der Waals surface area contributed by atoms with Crippen LogP contribution in [0.3, 0.4) is 0 Å². The van der Waals surface area contributed by atoms with E-state index < -0.39 is 0 Å². The lowest BCUT2D eigenvalue weighted by molar-refractivity contribution is 0.710. The number of aromatic nitrogens is 2. The Bertz CT molecular complexity index is 530. The Morgan fingerprint density at radius 3 is 2.67 bits per heavy atom. The quantitative estimate of drug-likeness (QED) is 0.934. The molecule has 0 spiro atoms. The third-order valence-corrected chi connectivity index (χ3v) is 4.47. The molecule has 18 heavy (non-hydrogen) atoms. The molecule has 4 nitrogen and oxygen atoms in total. The highest BCUT2D eigenvalue weighted by Gasteiger charge is 2.21. The number of hydrogen-bond donors (Lipinski definition) is 1. The first-order chi connectivity index (χ1) is 8.54. The van der Waals surface area contributed by atoms with Crippen molar-refractivity contribution in [1.82, 2.24) is 9.36 Å². The van der Waals surface area contributed by atoms with E-state index in [9.17, 15) is 0 Å². The number of nitrogens with two attached hydrogens (primary N) is 1. The minimum absolute atomic E-state index is 0.424. The average molecular weight is 282 g/mol. The molecule has 98 valence electrons. The zero-order chi connectivity index (χ0) is 13.3. The van der Waals surface area contributed by atoms with Gasteiger partial charge in [0, 0.05) is 18.0 Å². The largest absolute Gasteiger partial charge is 0.382 e. The third-order valence-electron chi connectivity index (χ3n) is 2.80. The van der Waals surface area contributed by atoms with E-state index in [0.717, 1.165) is 27.8 Å². The summed E-state index contributed by atoms with van der Waals surface area (Å²) in [6, 6.07) is 0.424. The Morgan fingerprint density at radius 2 is 2.17 bits per heavy atom. The number of aryl methyl sites for hydroxylation is 1. The van der Waals surface area contributed by atoms with Crippen molar-refractivity contribution in [2.24, 2.45) is 0 Å². The number of thiazole rings is 1. The predicted molar refractivity (Wildman–Crippen MR) is 80.5 cm³/mol. The molecule has 0 aliphatic heterocycles. The van der Waals surface area contributed by atoms with Crippen LogP contribution in [-0.4, -0.2) is 21.9 Å².